The van der Waals surface area contributed by atoms with E-state index in [2.05, 4.69) is 21.2 Å². The van der Waals surface area contributed by atoms with E-state index < -0.39 is 0 Å². The normalized spacial score (nSPS) is 10.0. The summed E-state index contributed by atoms with van der Waals surface area (Å²) in [7, 11) is 0. The second-order valence-corrected chi connectivity index (χ2v) is 4.06. The number of hydrogen-bond donors (Lipinski definition) is 1. The Balaban J connectivity index is 3.11. The molecule has 1 amide bonds. The third-order valence-electron chi connectivity index (χ3n) is 1.67. The van der Waals surface area contributed by atoms with E-state index >= 15 is 0 Å². The van der Waals surface area contributed by atoms with Gasteiger partial charge >= 0.3 is 0 Å². The largest absolute Gasteiger partial charge is 0.356 e. The van der Waals surface area contributed by atoms with Gasteiger partial charge in [0.2, 0.25) is 5.91 Å². The average Bonchev–Trinajstić information content (AvgIpc) is 2.13. The third-order valence-corrected chi connectivity index (χ3v) is 2.50. The molecule has 0 rings (SSSR count). The zero-order valence-corrected chi connectivity index (χ0v) is 10.2. The van der Waals surface area contributed by atoms with Gasteiger partial charge in [-0.2, -0.15) is 0 Å². The van der Waals surface area contributed by atoms with Crippen LogP contribution in [0.4, 0.5) is 0 Å². The first-order valence-electron chi connectivity index (χ1n) is 4.70. The highest BCUT2D eigenvalue weighted by Crippen LogP contribution is 2.01. The zero-order chi connectivity index (χ0) is 9.94. The third kappa shape index (κ3) is 10.2. The Morgan fingerprint density at radius 1 is 1.23 bits per heavy atom. The number of halogens is 2. The van der Waals surface area contributed by atoms with Crippen molar-refractivity contribution in [2.75, 3.05) is 17.8 Å². The highest BCUT2D eigenvalue weighted by atomic mass is 79.9. The van der Waals surface area contributed by atoms with Gasteiger partial charge in [0.15, 0.2) is 0 Å². The minimum Gasteiger partial charge on any atom is -0.356 e. The molecule has 78 valence electrons. The zero-order valence-electron chi connectivity index (χ0n) is 7.82. The smallest absolute Gasteiger partial charge is 0.219 e. The van der Waals surface area contributed by atoms with Gasteiger partial charge in [0.1, 0.15) is 0 Å². The number of unbranched alkanes of at least 4 members (excludes halogenated alkanes) is 2. The summed E-state index contributed by atoms with van der Waals surface area (Å²) < 4.78 is 0. The molecule has 0 aromatic heterocycles. The van der Waals surface area contributed by atoms with Crippen molar-refractivity contribution in [1.82, 2.24) is 5.32 Å². The Labute approximate surface area is 93.5 Å². The van der Waals surface area contributed by atoms with Crippen LogP contribution in [0.1, 0.15) is 32.1 Å². The van der Waals surface area contributed by atoms with Crippen LogP contribution in [0.2, 0.25) is 0 Å². The second-order valence-electron chi connectivity index (χ2n) is 2.89. The fourth-order valence-electron chi connectivity index (χ4n) is 0.940. The van der Waals surface area contributed by atoms with Gasteiger partial charge in [-0.1, -0.05) is 22.4 Å². The van der Waals surface area contributed by atoms with Gasteiger partial charge in [-0.15, -0.1) is 11.6 Å². The molecule has 0 atom stereocenters. The van der Waals surface area contributed by atoms with E-state index in [0.29, 0.717) is 18.8 Å². The first-order chi connectivity index (χ1) is 6.31. The molecule has 0 heterocycles. The molecule has 0 radical (unpaired) electrons. The van der Waals surface area contributed by atoms with Gasteiger partial charge in [-0.25, -0.2) is 0 Å². The maximum absolute atomic E-state index is 11.1. The molecule has 0 spiro atoms. The summed E-state index contributed by atoms with van der Waals surface area (Å²) in [5.74, 6) is 0.767. The van der Waals surface area contributed by atoms with Crippen molar-refractivity contribution in [1.29, 1.82) is 0 Å². The van der Waals surface area contributed by atoms with Crippen LogP contribution in [0.5, 0.6) is 0 Å². The Hall–Kier alpha value is 0.240. The number of hydrogen-bond acceptors (Lipinski definition) is 1. The number of carbonyl (C=O) groups excluding carboxylic acids is 1. The summed E-state index contributed by atoms with van der Waals surface area (Å²) >= 11 is 8.83. The van der Waals surface area contributed by atoms with Crippen molar-refractivity contribution in [3.8, 4) is 0 Å². The van der Waals surface area contributed by atoms with Gasteiger partial charge in [0.25, 0.3) is 0 Å². The molecule has 1 N–H and O–H groups in total. The van der Waals surface area contributed by atoms with Gasteiger partial charge in [-0.3, -0.25) is 4.79 Å². The van der Waals surface area contributed by atoms with Crippen LogP contribution in [0.25, 0.3) is 0 Å². The molecule has 0 unspecified atom stereocenters. The lowest BCUT2D eigenvalue weighted by atomic mass is 10.2. The molecule has 0 bridgehead atoms. The number of carbonyl (C=O) groups is 1. The quantitative estimate of drug-likeness (QED) is 0.533. The summed E-state index contributed by atoms with van der Waals surface area (Å²) in [6.45, 7) is 0.709. The lowest BCUT2D eigenvalue weighted by Crippen LogP contribution is -2.24. The van der Waals surface area contributed by atoms with Crippen LogP contribution in [-0.4, -0.2) is 23.7 Å². The number of rotatable bonds is 8. The summed E-state index contributed by atoms with van der Waals surface area (Å²) in [6, 6.07) is 0. The predicted octanol–water partition coefficient (Wildman–Crippen LogP) is 2.69. The van der Waals surface area contributed by atoms with Crippen LogP contribution < -0.4 is 5.32 Å². The summed E-state index contributed by atoms with van der Waals surface area (Å²) in [6.07, 6.45) is 4.76. The van der Waals surface area contributed by atoms with Crippen molar-refractivity contribution in [3.63, 3.8) is 0 Å². The molecule has 0 saturated heterocycles. The van der Waals surface area contributed by atoms with Crippen LogP contribution >= 0.6 is 27.5 Å². The summed E-state index contributed by atoms with van der Waals surface area (Å²) in [5, 5.41) is 3.85. The van der Waals surface area contributed by atoms with Crippen LogP contribution in [0.3, 0.4) is 0 Å². The molecule has 4 heteroatoms. The number of nitrogens with one attached hydrogen (secondary N) is 1. The maximum atomic E-state index is 11.1. The Morgan fingerprint density at radius 3 is 2.62 bits per heavy atom. The van der Waals surface area contributed by atoms with E-state index in [0.717, 1.165) is 31.0 Å². The lowest BCUT2D eigenvalue weighted by molar-refractivity contribution is -0.121. The van der Waals surface area contributed by atoms with E-state index in [1.165, 1.54) is 0 Å². The number of amides is 1. The van der Waals surface area contributed by atoms with Crippen molar-refractivity contribution in [3.05, 3.63) is 0 Å². The SMILES string of the molecule is O=C(CCCCCBr)NCCCCl. The Morgan fingerprint density at radius 2 is 2.00 bits per heavy atom. The van der Waals surface area contributed by atoms with Crippen molar-refractivity contribution in [2.45, 2.75) is 32.1 Å². The van der Waals surface area contributed by atoms with Crippen LogP contribution in [0, 0.1) is 0 Å². The van der Waals surface area contributed by atoms with E-state index in [1.807, 2.05) is 0 Å². The second kappa shape index (κ2) is 10.3. The molecule has 2 nitrogen and oxygen atoms in total. The Kier molecular flexibility index (Phi) is 10.5. The topological polar surface area (TPSA) is 29.1 Å². The first-order valence-corrected chi connectivity index (χ1v) is 6.35. The molecule has 0 aliphatic carbocycles. The van der Waals surface area contributed by atoms with E-state index in [9.17, 15) is 4.79 Å². The molecule has 0 aliphatic heterocycles. The number of alkyl halides is 2. The van der Waals surface area contributed by atoms with E-state index in [-0.39, 0.29) is 5.91 Å². The maximum Gasteiger partial charge on any atom is 0.219 e. The van der Waals surface area contributed by atoms with Crippen LogP contribution in [0.15, 0.2) is 0 Å². The lowest BCUT2D eigenvalue weighted by Gasteiger charge is -2.02. The van der Waals surface area contributed by atoms with Crippen molar-refractivity contribution >= 4 is 33.4 Å². The predicted molar refractivity (Wildman–Crippen MR) is 60.6 cm³/mol. The highest BCUT2D eigenvalue weighted by molar-refractivity contribution is 9.09. The highest BCUT2D eigenvalue weighted by Gasteiger charge is 1.98. The van der Waals surface area contributed by atoms with E-state index in [1.54, 1.807) is 0 Å². The molecular weight excluding hydrogens is 253 g/mol. The van der Waals surface area contributed by atoms with Gasteiger partial charge in [0, 0.05) is 24.2 Å². The first kappa shape index (κ1) is 13.2. The average molecular weight is 271 g/mol. The van der Waals surface area contributed by atoms with Gasteiger partial charge in [0.05, 0.1) is 0 Å². The molecular formula is C9H17BrClNO. The van der Waals surface area contributed by atoms with Gasteiger partial charge < -0.3 is 5.32 Å². The van der Waals surface area contributed by atoms with Crippen molar-refractivity contribution < 1.29 is 4.79 Å². The molecule has 0 aromatic carbocycles. The standard InChI is InChI=1S/C9H17BrClNO/c10-6-3-1-2-5-9(13)12-8-4-7-11/h1-8H2,(H,12,13). The monoisotopic (exact) mass is 269 g/mol. The molecule has 0 aliphatic rings. The fourth-order valence-corrected chi connectivity index (χ4v) is 1.47. The molecule has 0 saturated carbocycles. The summed E-state index contributed by atoms with van der Waals surface area (Å²) in [4.78, 5) is 11.1. The Bertz CT molecular complexity index is 133. The molecule has 0 aromatic rings. The van der Waals surface area contributed by atoms with E-state index in [4.69, 9.17) is 11.6 Å². The minimum absolute atomic E-state index is 0.152. The van der Waals surface area contributed by atoms with Crippen molar-refractivity contribution in [2.24, 2.45) is 0 Å². The molecule has 0 fully saturated rings. The van der Waals surface area contributed by atoms with Crippen LogP contribution in [-0.2, 0) is 4.79 Å². The minimum atomic E-state index is 0.152. The van der Waals surface area contributed by atoms with Gasteiger partial charge in [-0.05, 0) is 19.3 Å². The fraction of sp³-hybridized carbons (Fsp3) is 0.889. The summed E-state index contributed by atoms with van der Waals surface area (Å²) in [5.41, 5.74) is 0. The molecule has 13 heavy (non-hydrogen) atoms.